The van der Waals surface area contributed by atoms with Gasteiger partial charge < -0.3 is 9.80 Å². The van der Waals surface area contributed by atoms with E-state index in [1.54, 1.807) is 11.3 Å². The summed E-state index contributed by atoms with van der Waals surface area (Å²) in [5.41, 5.74) is 0.803. The van der Waals surface area contributed by atoms with Gasteiger partial charge in [0.1, 0.15) is 11.4 Å². The molecule has 0 radical (unpaired) electrons. The van der Waals surface area contributed by atoms with Gasteiger partial charge >= 0.3 is 0 Å². The first-order chi connectivity index (χ1) is 15.7. The Morgan fingerprint density at radius 3 is 2.56 bits per heavy atom. The van der Waals surface area contributed by atoms with Crippen LogP contribution in [0.2, 0.25) is 0 Å². The lowest BCUT2D eigenvalue weighted by atomic mass is 9.96. The number of hydrogen-bond donors (Lipinski definition) is 0. The Balaban J connectivity index is 1.22. The summed E-state index contributed by atoms with van der Waals surface area (Å²) < 4.78 is 1.48. The molecule has 3 aromatic heterocycles. The van der Waals surface area contributed by atoms with Gasteiger partial charge in [0.15, 0.2) is 0 Å². The Bertz CT molecular complexity index is 1100. The predicted octanol–water partition coefficient (Wildman–Crippen LogP) is 4.30. The predicted molar refractivity (Wildman–Crippen MR) is 131 cm³/mol. The molecule has 0 N–H and O–H groups in total. The van der Waals surface area contributed by atoms with Gasteiger partial charge in [0, 0.05) is 35.5 Å². The molecule has 1 amide bonds. The molecule has 5 heterocycles. The Kier molecular flexibility index (Phi) is 6.71. The number of likely N-dealkylation sites (tertiary alicyclic amines) is 2. The van der Waals surface area contributed by atoms with E-state index in [-0.39, 0.29) is 18.0 Å². The highest BCUT2D eigenvalue weighted by atomic mass is 32.1. The zero-order valence-corrected chi connectivity index (χ0v) is 20.0. The first-order valence-electron chi connectivity index (χ1n) is 11.7. The second-order valence-electron chi connectivity index (χ2n) is 9.02. The fraction of sp³-hybridized carbons (Fsp3) is 0.542. The van der Waals surface area contributed by atoms with Gasteiger partial charge in [0.2, 0.25) is 5.91 Å². The number of aromatic nitrogens is 2. The highest BCUT2D eigenvalue weighted by molar-refractivity contribution is 7.18. The third-order valence-corrected chi connectivity index (χ3v) is 8.62. The van der Waals surface area contributed by atoms with E-state index in [1.165, 1.54) is 67.5 Å². The minimum absolute atomic E-state index is 0.0226. The number of carbonyl (C=O) groups excluding carboxylic acids is 1. The van der Waals surface area contributed by atoms with Crippen LogP contribution in [0.1, 0.15) is 38.5 Å². The average molecular weight is 471 g/mol. The van der Waals surface area contributed by atoms with Gasteiger partial charge in [-0.1, -0.05) is 18.9 Å². The van der Waals surface area contributed by atoms with Crippen molar-refractivity contribution in [3.05, 3.63) is 39.6 Å². The molecule has 6 nitrogen and oxygen atoms in total. The largest absolute Gasteiger partial charge is 0.341 e. The van der Waals surface area contributed by atoms with Crippen LogP contribution in [0, 0.1) is 5.92 Å². The summed E-state index contributed by atoms with van der Waals surface area (Å²) in [6.07, 6.45) is 9.02. The summed E-state index contributed by atoms with van der Waals surface area (Å²) in [4.78, 5) is 37.0. The Hall–Kier alpha value is -2.03. The SMILES string of the molecule is O=C(Cn1cnc2scc(-c3cccs3)c2c1=O)N1CCC(CN2CCCCCC2)CC1. The van der Waals surface area contributed by atoms with E-state index in [2.05, 4.69) is 9.88 Å². The molecule has 2 aliphatic rings. The summed E-state index contributed by atoms with van der Waals surface area (Å²) in [6.45, 7) is 5.28. The molecule has 8 heteroatoms. The molecule has 0 bridgehead atoms. The van der Waals surface area contributed by atoms with Crippen LogP contribution in [0.25, 0.3) is 20.7 Å². The van der Waals surface area contributed by atoms with E-state index in [0.29, 0.717) is 11.3 Å². The van der Waals surface area contributed by atoms with Crippen molar-refractivity contribution >= 4 is 38.8 Å². The lowest BCUT2D eigenvalue weighted by Crippen LogP contribution is -2.43. The summed E-state index contributed by atoms with van der Waals surface area (Å²) in [5.74, 6) is 0.700. The number of hydrogen-bond acceptors (Lipinski definition) is 6. The van der Waals surface area contributed by atoms with Crippen molar-refractivity contribution in [3.63, 3.8) is 0 Å². The number of carbonyl (C=O) groups is 1. The molecule has 2 saturated heterocycles. The van der Waals surface area contributed by atoms with Crippen LogP contribution in [0.3, 0.4) is 0 Å². The number of thiophene rings is 2. The first-order valence-corrected chi connectivity index (χ1v) is 13.5. The van der Waals surface area contributed by atoms with E-state index >= 15 is 0 Å². The Morgan fingerprint density at radius 2 is 1.84 bits per heavy atom. The van der Waals surface area contributed by atoms with Crippen LogP contribution in [0.15, 0.2) is 34.0 Å². The van der Waals surface area contributed by atoms with Crippen molar-refractivity contribution in [1.29, 1.82) is 0 Å². The zero-order valence-electron chi connectivity index (χ0n) is 18.4. The van der Waals surface area contributed by atoms with Gasteiger partial charge in [0.05, 0.1) is 11.7 Å². The molecule has 2 fully saturated rings. The molecule has 170 valence electrons. The number of fused-ring (bicyclic) bond motifs is 1. The topological polar surface area (TPSA) is 58.4 Å². The van der Waals surface area contributed by atoms with Gasteiger partial charge in [0.25, 0.3) is 5.56 Å². The van der Waals surface area contributed by atoms with Crippen molar-refractivity contribution in [2.45, 2.75) is 45.1 Å². The second kappa shape index (κ2) is 9.85. The van der Waals surface area contributed by atoms with Crippen molar-refractivity contribution < 1.29 is 4.79 Å². The van der Waals surface area contributed by atoms with Crippen LogP contribution in [0.4, 0.5) is 0 Å². The van der Waals surface area contributed by atoms with E-state index < -0.39 is 0 Å². The molecule has 5 rings (SSSR count). The van der Waals surface area contributed by atoms with Gasteiger partial charge in [-0.25, -0.2) is 4.98 Å². The van der Waals surface area contributed by atoms with Crippen LogP contribution in [-0.2, 0) is 11.3 Å². The monoisotopic (exact) mass is 470 g/mol. The number of rotatable bonds is 5. The summed E-state index contributed by atoms with van der Waals surface area (Å²) in [5, 5.41) is 4.63. The van der Waals surface area contributed by atoms with Crippen molar-refractivity contribution in [1.82, 2.24) is 19.4 Å². The molecule has 0 spiro atoms. The number of amides is 1. The molecule has 3 aromatic rings. The average Bonchev–Trinajstić information content (AvgIpc) is 3.42. The minimum Gasteiger partial charge on any atom is -0.341 e. The van der Waals surface area contributed by atoms with Crippen LogP contribution < -0.4 is 5.56 Å². The van der Waals surface area contributed by atoms with Crippen molar-refractivity contribution in [3.8, 4) is 10.4 Å². The van der Waals surface area contributed by atoms with Crippen molar-refractivity contribution in [2.24, 2.45) is 5.92 Å². The standard InChI is InChI=1S/C24H30N4O2S2/c29-21(27-11-7-18(8-12-27)14-26-9-3-1-2-4-10-26)15-28-17-25-23-22(24(28)30)19(16-32-23)20-6-5-13-31-20/h5-6,13,16-18H,1-4,7-12,14-15H2. The third-order valence-electron chi connectivity index (χ3n) is 6.84. The molecule has 0 aromatic carbocycles. The van der Waals surface area contributed by atoms with Crippen LogP contribution in [-0.4, -0.2) is 58.0 Å². The Morgan fingerprint density at radius 1 is 1.06 bits per heavy atom. The quantitative estimate of drug-likeness (QED) is 0.558. The molecule has 0 saturated carbocycles. The lowest BCUT2D eigenvalue weighted by Gasteiger charge is -2.34. The minimum atomic E-state index is -0.121. The molecule has 0 unspecified atom stereocenters. The van der Waals surface area contributed by atoms with Gasteiger partial charge in [-0.15, -0.1) is 22.7 Å². The second-order valence-corrected chi connectivity index (χ2v) is 10.8. The summed E-state index contributed by atoms with van der Waals surface area (Å²) in [7, 11) is 0. The van der Waals surface area contributed by atoms with Gasteiger partial charge in [-0.2, -0.15) is 0 Å². The molecule has 2 aliphatic heterocycles. The fourth-order valence-electron chi connectivity index (χ4n) is 4.99. The van der Waals surface area contributed by atoms with Crippen LogP contribution in [0.5, 0.6) is 0 Å². The maximum absolute atomic E-state index is 13.2. The highest BCUT2D eigenvalue weighted by Gasteiger charge is 2.25. The fourth-order valence-corrected chi connectivity index (χ4v) is 6.71. The Labute approximate surface area is 196 Å². The number of piperidine rings is 1. The van der Waals surface area contributed by atoms with E-state index in [1.807, 2.05) is 27.8 Å². The zero-order chi connectivity index (χ0) is 21.9. The summed E-state index contributed by atoms with van der Waals surface area (Å²) in [6, 6.07) is 4.00. The molecule has 32 heavy (non-hydrogen) atoms. The van der Waals surface area contributed by atoms with E-state index in [0.717, 1.165) is 41.2 Å². The normalized spacial score (nSPS) is 18.8. The molecule has 0 aliphatic carbocycles. The molecular formula is C24H30N4O2S2. The lowest BCUT2D eigenvalue weighted by molar-refractivity contribution is -0.133. The van der Waals surface area contributed by atoms with Crippen molar-refractivity contribution in [2.75, 3.05) is 32.7 Å². The highest BCUT2D eigenvalue weighted by Crippen LogP contribution is 2.33. The molecule has 0 atom stereocenters. The van der Waals surface area contributed by atoms with E-state index in [9.17, 15) is 9.59 Å². The maximum Gasteiger partial charge on any atom is 0.263 e. The maximum atomic E-state index is 13.2. The van der Waals surface area contributed by atoms with Gasteiger partial charge in [-0.3, -0.25) is 14.2 Å². The number of nitrogens with zero attached hydrogens (tertiary/aromatic N) is 4. The molecular weight excluding hydrogens is 440 g/mol. The van der Waals surface area contributed by atoms with E-state index in [4.69, 9.17) is 0 Å². The third kappa shape index (κ3) is 4.67. The first kappa shape index (κ1) is 21.8. The van der Waals surface area contributed by atoms with Gasteiger partial charge in [-0.05, 0) is 56.1 Å². The summed E-state index contributed by atoms with van der Waals surface area (Å²) >= 11 is 3.09. The smallest absolute Gasteiger partial charge is 0.263 e. The van der Waals surface area contributed by atoms with Crippen LogP contribution >= 0.6 is 22.7 Å².